The Hall–Kier alpha value is -1.24. The number of piperidine rings is 1. The van der Waals surface area contributed by atoms with E-state index in [9.17, 15) is 0 Å². The first kappa shape index (κ1) is 17.6. The number of methoxy groups -OCH3 is 1. The molecule has 2 aliphatic rings. The van der Waals surface area contributed by atoms with Gasteiger partial charge in [-0.25, -0.2) is 0 Å². The molecule has 3 heterocycles. The summed E-state index contributed by atoms with van der Waals surface area (Å²) in [4.78, 5) is 2.69. The molecule has 2 fully saturated rings. The Balaban J connectivity index is 1.47. The Kier molecular flexibility index (Phi) is 6.81. The number of hydrogen-bond donors (Lipinski definition) is 1. The first-order chi connectivity index (χ1) is 11.8. The van der Waals surface area contributed by atoms with E-state index < -0.39 is 0 Å². The van der Waals surface area contributed by atoms with Crippen molar-refractivity contribution in [3.63, 3.8) is 0 Å². The number of aromatic nitrogens is 2. The molecule has 24 heavy (non-hydrogen) atoms. The van der Waals surface area contributed by atoms with Crippen molar-refractivity contribution in [1.29, 1.82) is 0 Å². The third-order valence-electron chi connectivity index (χ3n) is 5.09. The van der Waals surface area contributed by atoms with Gasteiger partial charge >= 0.3 is 0 Å². The van der Waals surface area contributed by atoms with Gasteiger partial charge in [-0.15, -0.1) is 5.10 Å². The lowest BCUT2D eigenvalue weighted by molar-refractivity contribution is 0.0177. The molecule has 0 aromatic carbocycles. The second-order valence-corrected chi connectivity index (χ2v) is 6.88. The van der Waals surface area contributed by atoms with E-state index in [0.717, 1.165) is 43.7 Å². The molecule has 0 amide bonds. The zero-order valence-electron chi connectivity index (χ0n) is 14.7. The van der Waals surface area contributed by atoms with Gasteiger partial charge in [0.1, 0.15) is 5.82 Å². The van der Waals surface area contributed by atoms with Crippen LogP contribution in [0.3, 0.4) is 0 Å². The van der Waals surface area contributed by atoms with E-state index in [1.807, 2.05) is 6.07 Å². The average molecular weight is 334 g/mol. The fourth-order valence-electron chi connectivity index (χ4n) is 3.79. The van der Waals surface area contributed by atoms with Gasteiger partial charge in [-0.3, -0.25) is 4.90 Å². The molecule has 6 nitrogen and oxygen atoms in total. The Bertz CT molecular complexity index is 476. The summed E-state index contributed by atoms with van der Waals surface area (Å²) in [5, 5.41) is 11.9. The highest BCUT2D eigenvalue weighted by Crippen LogP contribution is 2.25. The molecule has 0 unspecified atom stereocenters. The number of ether oxygens (including phenoxy) is 2. The van der Waals surface area contributed by atoms with Crippen molar-refractivity contribution >= 4 is 5.82 Å². The SMILES string of the molecule is COCCNc1ccc(C[C@H]2CCCN(C3CCOCC3)C2)nn1. The number of likely N-dealkylation sites (tertiary alicyclic amines) is 1. The third kappa shape index (κ3) is 5.13. The maximum Gasteiger partial charge on any atom is 0.148 e. The summed E-state index contributed by atoms with van der Waals surface area (Å²) >= 11 is 0. The smallest absolute Gasteiger partial charge is 0.148 e. The highest BCUT2D eigenvalue weighted by atomic mass is 16.5. The minimum atomic E-state index is 0.674. The fourth-order valence-corrected chi connectivity index (χ4v) is 3.79. The van der Waals surface area contributed by atoms with Gasteiger partial charge < -0.3 is 14.8 Å². The second kappa shape index (κ2) is 9.30. The van der Waals surface area contributed by atoms with Crippen LogP contribution in [0.15, 0.2) is 12.1 Å². The lowest BCUT2D eigenvalue weighted by Gasteiger charge is -2.39. The van der Waals surface area contributed by atoms with E-state index in [-0.39, 0.29) is 0 Å². The van der Waals surface area contributed by atoms with Crippen LogP contribution in [0.5, 0.6) is 0 Å². The molecule has 3 rings (SSSR count). The van der Waals surface area contributed by atoms with E-state index in [1.54, 1.807) is 7.11 Å². The van der Waals surface area contributed by atoms with Gasteiger partial charge in [-0.1, -0.05) is 0 Å². The van der Waals surface area contributed by atoms with Crippen LogP contribution in [-0.4, -0.2) is 67.7 Å². The normalized spacial score (nSPS) is 23.3. The Labute approximate surface area is 144 Å². The maximum absolute atomic E-state index is 5.50. The number of hydrogen-bond acceptors (Lipinski definition) is 6. The van der Waals surface area contributed by atoms with E-state index in [2.05, 4.69) is 26.5 Å². The maximum atomic E-state index is 5.50. The van der Waals surface area contributed by atoms with Crippen LogP contribution in [-0.2, 0) is 15.9 Å². The van der Waals surface area contributed by atoms with Crippen molar-refractivity contribution in [2.24, 2.45) is 5.92 Å². The van der Waals surface area contributed by atoms with Crippen LogP contribution in [0.4, 0.5) is 5.82 Å². The van der Waals surface area contributed by atoms with E-state index in [1.165, 1.54) is 38.8 Å². The Morgan fingerprint density at radius 2 is 2.12 bits per heavy atom. The molecule has 1 aromatic rings. The molecule has 1 atom stereocenters. The molecule has 0 radical (unpaired) electrons. The summed E-state index contributed by atoms with van der Waals surface area (Å²) in [6, 6.07) is 4.85. The van der Waals surface area contributed by atoms with E-state index in [4.69, 9.17) is 9.47 Å². The van der Waals surface area contributed by atoms with Gasteiger partial charge in [0.2, 0.25) is 0 Å². The van der Waals surface area contributed by atoms with Crippen LogP contribution in [0, 0.1) is 5.92 Å². The predicted molar refractivity (Wildman–Crippen MR) is 94.2 cm³/mol. The highest BCUT2D eigenvalue weighted by molar-refractivity contribution is 5.32. The largest absolute Gasteiger partial charge is 0.383 e. The summed E-state index contributed by atoms with van der Waals surface area (Å²) in [5.74, 6) is 1.52. The van der Waals surface area contributed by atoms with Crippen LogP contribution in [0.2, 0.25) is 0 Å². The number of rotatable bonds is 7. The number of nitrogens with one attached hydrogen (secondary N) is 1. The van der Waals surface area contributed by atoms with Gasteiger partial charge in [0, 0.05) is 39.5 Å². The molecule has 2 saturated heterocycles. The minimum Gasteiger partial charge on any atom is -0.383 e. The van der Waals surface area contributed by atoms with Gasteiger partial charge in [0.25, 0.3) is 0 Å². The number of anilines is 1. The molecule has 0 aliphatic carbocycles. The van der Waals surface area contributed by atoms with Gasteiger partial charge in [0.15, 0.2) is 0 Å². The van der Waals surface area contributed by atoms with Crippen molar-refractivity contribution in [2.45, 2.75) is 38.1 Å². The summed E-state index contributed by atoms with van der Waals surface area (Å²) in [7, 11) is 1.70. The summed E-state index contributed by atoms with van der Waals surface area (Å²) < 4.78 is 10.5. The van der Waals surface area contributed by atoms with E-state index in [0.29, 0.717) is 12.5 Å². The van der Waals surface area contributed by atoms with Gasteiger partial charge in [-0.05, 0) is 56.7 Å². The van der Waals surface area contributed by atoms with Gasteiger partial charge in [-0.2, -0.15) is 5.10 Å². The molecule has 0 saturated carbocycles. The molecule has 2 aliphatic heterocycles. The predicted octanol–water partition coefficient (Wildman–Crippen LogP) is 1.97. The summed E-state index contributed by atoms with van der Waals surface area (Å²) in [6.45, 7) is 5.72. The Morgan fingerprint density at radius 1 is 1.25 bits per heavy atom. The summed E-state index contributed by atoms with van der Waals surface area (Å²) in [6.07, 6.45) is 6.01. The van der Waals surface area contributed by atoms with Crippen molar-refractivity contribution in [2.75, 3.05) is 51.9 Å². The van der Waals surface area contributed by atoms with Crippen molar-refractivity contribution in [3.05, 3.63) is 17.8 Å². The van der Waals surface area contributed by atoms with Gasteiger partial charge in [0.05, 0.1) is 12.3 Å². The lowest BCUT2D eigenvalue weighted by Crippen LogP contribution is -2.45. The third-order valence-corrected chi connectivity index (χ3v) is 5.09. The quantitative estimate of drug-likeness (QED) is 0.769. The molecule has 6 heteroatoms. The zero-order chi connectivity index (χ0) is 16.6. The number of nitrogens with zero attached hydrogens (tertiary/aromatic N) is 3. The first-order valence-electron chi connectivity index (χ1n) is 9.22. The molecular weight excluding hydrogens is 304 g/mol. The molecule has 134 valence electrons. The van der Waals surface area contributed by atoms with Crippen LogP contribution in [0.25, 0.3) is 0 Å². The van der Waals surface area contributed by atoms with Crippen molar-refractivity contribution < 1.29 is 9.47 Å². The Morgan fingerprint density at radius 3 is 2.88 bits per heavy atom. The fraction of sp³-hybridized carbons (Fsp3) is 0.778. The van der Waals surface area contributed by atoms with Crippen molar-refractivity contribution in [1.82, 2.24) is 15.1 Å². The molecule has 1 N–H and O–H groups in total. The minimum absolute atomic E-state index is 0.674. The first-order valence-corrected chi connectivity index (χ1v) is 9.22. The second-order valence-electron chi connectivity index (χ2n) is 6.88. The van der Waals surface area contributed by atoms with Crippen LogP contribution in [0.1, 0.15) is 31.4 Å². The zero-order valence-corrected chi connectivity index (χ0v) is 14.7. The van der Waals surface area contributed by atoms with Crippen LogP contribution < -0.4 is 5.32 Å². The summed E-state index contributed by atoms with van der Waals surface area (Å²) in [5.41, 5.74) is 1.10. The monoisotopic (exact) mass is 334 g/mol. The molecule has 0 bridgehead atoms. The molecule has 1 aromatic heterocycles. The average Bonchev–Trinajstić information content (AvgIpc) is 2.64. The highest BCUT2D eigenvalue weighted by Gasteiger charge is 2.27. The molecular formula is C18H30N4O2. The van der Waals surface area contributed by atoms with E-state index >= 15 is 0 Å². The van der Waals surface area contributed by atoms with Crippen molar-refractivity contribution in [3.8, 4) is 0 Å². The van der Waals surface area contributed by atoms with Crippen LogP contribution >= 0.6 is 0 Å². The molecule has 0 spiro atoms. The lowest BCUT2D eigenvalue weighted by atomic mass is 9.91. The topological polar surface area (TPSA) is 59.5 Å². The standard InChI is InChI=1S/C18H30N4O2/c1-23-12-8-19-18-5-4-16(20-21-18)13-15-3-2-9-22(14-15)17-6-10-24-11-7-17/h4-5,15,17H,2-3,6-14H2,1H3,(H,19,21)/t15-/m1/s1.